The minimum atomic E-state index is 0.824. The molecule has 0 spiro atoms. The van der Waals surface area contributed by atoms with Crippen molar-refractivity contribution in [3.05, 3.63) is 0 Å². The van der Waals surface area contributed by atoms with Crippen molar-refractivity contribution in [1.29, 1.82) is 0 Å². The second-order valence-electron chi connectivity index (χ2n) is 11.2. The Kier molecular flexibility index (Phi) is 19.2. The number of rotatable bonds is 24. The summed E-state index contributed by atoms with van der Waals surface area (Å²) in [7, 11) is 4.59. The largest absolute Gasteiger partial charge is 0.306 e. The Morgan fingerprint density at radius 2 is 0.871 bits per heavy atom. The van der Waals surface area contributed by atoms with Gasteiger partial charge in [-0.1, -0.05) is 142 Å². The second-order valence-corrected chi connectivity index (χ2v) is 11.2. The Labute approximate surface area is 198 Å². The highest BCUT2D eigenvalue weighted by molar-refractivity contribution is 4.85. The van der Waals surface area contributed by atoms with Gasteiger partial charge in [0, 0.05) is 6.04 Å². The Bertz CT molecular complexity index is 363. The van der Waals surface area contributed by atoms with Gasteiger partial charge in [-0.3, -0.25) is 0 Å². The molecule has 0 aromatic heterocycles. The fraction of sp³-hybridized carbons (Fsp3) is 1.00. The second kappa shape index (κ2) is 20.6. The molecular weight excluding hydrogens is 374 g/mol. The normalized spacial score (nSPS) is 19.3. The van der Waals surface area contributed by atoms with E-state index in [1.165, 1.54) is 128 Å². The van der Waals surface area contributed by atoms with Crippen molar-refractivity contribution in [2.75, 3.05) is 14.1 Å². The van der Waals surface area contributed by atoms with Crippen LogP contribution < -0.4 is 0 Å². The molecule has 0 radical (unpaired) electrons. The van der Waals surface area contributed by atoms with Crippen LogP contribution in [0.25, 0.3) is 0 Å². The molecule has 1 nitrogen and oxygen atoms in total. The molecule has 1 fully saturated rings. The summed E-state index contributed by atoms with van der Waals surface area (Å²) < 4.78 is 0. The molecule has 3 atom stereocenters. The summed E-state index contributed by atoms with van der Waals surface area (Å²) in [4.78, 5) is 2.49. The molecule has 1 rings (SSSR count). The SMILES string of the molecule is CCCCCCCCC[C@H](CCCCCCCCC1CC1CCCCCCC)N(C)C. The van der Waals surface area contributed by atoms with Gasteiger partial charge in [-0.25, -0.2) is 0 Å². The zero-order valence-corrected chi connectivity index (χ0v) is 22.4. The van der Waals surface area contributed by atoms with Crippen LogP contribution in [0.1, 0.15) is 162 Å². The van der Waals surface area contributed by atoms with Crippen LogP contribution in [0.4, 0.5) is 0 Å². The van der Waals surface area contributed by atoms with Gasteiger partial charge in [0.05, 0.1) is 0 Å². The van der Waals surface area contributed by atoms with Crippen LogP contribution in [-0.4, -0.2) is 25.0 Å². The van der Waals surface area contributed by atoms with E-state index in [2.05, 4.69) is 32.8 Å². The predicted molar refractivity (Wildman–Crippen MR) is 142 cm³/mol. The quantitative estimate of drug-likeness (QED) is 0.136. The molecule has 1 aliphatic rings. The molecule has 0 saturated heterocycles. The van der Waals surface area contributed by atoms with Gasteiger partial charge in [-0.05, 0) is 45.2 Å². The van der Waals surface area contributed by atoms with Crippen molar-refractivity contribution in [1.82, 2.24) is 4.90 Å². The van der Waals surface area contributed by atoms with Gasteiger partial charge in [-0.2, -0.15) is 0 Å². The van der Waals surface area contributed by atoms with Gasteiger partial charge in [0.15, 0.2) is 0 Å². The first-order valence-corrected chi connectivity index (χ1v) is 14.8. The van der Waals surface area contributed by atoms with E-state index in [-0.39, 0.29) is 0 Å². The maximum atomic E-state index is 2.49. The first kappa shape index (κ1) is 29.0. The first-order chi connectivity index (χ1) is 15.2. The fourth-order valence-corrected chi connectivity index (χ4v) is 5.52. The van der Waals surface area contributed by atoms with Crippen molar-refractivity contribution in [2.24, 2.45) is 11.8 Å². The summed E-state index contributed by atoms with van der Waals surface area (Å²) >= 11 is 0. The predicted octanol–water partition coefficient (Wildman–Crippen LogP) is 10.2. The Balaban J connectivity index is 1.86. The van der Waals surface area contributed by atoms with Crippen LogP contribution in [-0.2, 0) is 0 Å². The van der Waals surface area contributed by atoms with E-state index in [0.29, 0.717) is 0 Å². The van der Waals surface area contributed by atoms with Gasteiger partial charge in [-0.15, -0.1) is 0 Å². The van der Waals surface area contributed by atoms with Crippen LogP contribution >= 0.6 is 0 Å². The van der Waals surface area contributed by atoms with E-state index < -0.39 is 0 Å². The van der Waals surface area contributed by atoms with E-state index in [4.69, 9.17) is 0 Å². The number of hydrogen-bond acceptors (Lipinski definition) is 1. The minimum absolute atomic E-state index is 0.824. The zero-order valence-electron chi connectivity index (χ0n) is 22.4. The molecule has 1 aliphatic carbocycles. The van der Waals surface area contributed by atoms with E-state index >= 15 is 0 Å². The van der Waals surface area contributed by atoms with Crippen molar-refractivity contribution in [2.45, 2.75) is 168 Å². The third-order valence-electron chi connectivity index (χ3n) is 7.98. The van der Waals surface area contributed by atoms with Crippen LogP contribution in [0.15, 0.2) is 0 Å². The standard InChI is InChI=1S/C30H61N/c1-5-7-9-11-12-17-21-25-30(31(3)4)26-22-18-14-13-16-20-24-29-27-28(29)23-19-15-10-8-6-2/h28-30H,5-27H2,1-4H3/t28?,29?,30-/m1/s1. The Hall–Kier alpha value is -0.0400. The smallest absolute Gasteiger partial charge is 0.00891 e. The molecular formula is C30H61N. The average molecular weight is 436 g/mol. The summed E-state index contributed by atoms with van der Waals surface area (Å²) in [5, 5.41) is 0. The van der Waals surface area contributed by atoms with E-state index in [9.17, 15) is 0 Å². The highest BCUT2D eigenvalue weighted by Crippen LogP contribution is 2.45. The van der Waals surface area contributed by atoms with Gasteiger partial charge in [0.1, 0.15) is 0 Å². The highest BCUT2D eigenvalue weighted by Gasteiger charge is 2.34. The van der Waals surface area contributed by atoms with E-state index in [1.54, 1.807) is 19.3 Å². The fourth-order valence-electron chi connectivity index (χ4n) is 5.52. The van der Waals surface area contributed by atoms with Crippen LogP contribution in [0, 0.1) is 11.8 Å². The van der Waals surface area contributed by atoms with Gasteiger partial charge in [0.25, 0.3) is 0 Å². The summed E-state index contributed by atoms with van der Waals surface area (Å²) in [6, 6.07) is 0.824. The third-order valence-corrected chi connectivity index (χ3v) is 7.98. The maximum absolute atomic E-state index is 2.49. The summed E-state index contributed by atoms with van der Waals surface area (Å²) in [5.74, 6) is 2.25. The van der Waals surface area contributed by atoms with Crippen molar-refractivity contribution in [3.8, 4) is 0 Å². The average Bonchev–Trinajstić information content (AvgIpc) is 3.51. The first-order valence-electron chi connectivity index (χ1n) is 14.8. The lowest BCUT2D eigenvalue weighted by molar-refractivity contribution is 0.251. The zero-order chi connectivity index (χ0) is 22.6. The number of unbranched alkanes of at least 4 members (excludes halogenated alkanes) is 15. The summed E-state index contributed by atoms with van der Waals surface area (Å²) in [5.41, 5.74) is 0. The lowest BCUT2D eigenvalue weighted by Crippen LogP contribution is -2.27. The molecule has 31 heavy (non-hydrogen) atoms. The minimum Gasteiger partial charge on any atom is -0.306 e. The Morgan fingerprint density at radius 3 is 1.26 bits per heavy atom. The van der Waals surface area contributed by atoms with Crippen molar-refractivity contribution >= 4 is 0 Å². The molecule has 0 bridgehead atoms. The Morgan fingerprint density at radius 1 is 0.516 bits per heavy atom. The van der Waals surface area contributed by atoms with Crippen LogP contribution in [0.2, 0.25) is 0 Å². The molecule has 0 aromatic carbocycles. The number of nitrogens with zero attached hydrogens (tertiary/aromatic N) is 1. The molecule has 0 N–H and O–H groups in total. The summed E-state index contributed by atoms with van der Waals surface area (Å²) in [6.07, 6.45) is 33.7. The van der Waals surface area contributed by atoms with E-state index in [1.807, 2.05) is 0 Å². The topological polar surface area (TPSA) is 3.24 Å². The molecule has 0 aliphatic heterocycles. The number of hydrogen-bond donors (Lipinski definition) is 0. The molecule has 0 heterocycles. The van der Waals surface area contributed by atoms with Crippen molar-refractivity contribution < 1.29 is 0 Å². The molecule has 1 saturated carbocycles. The third kappa shape index (κ3) is 17.1. The monoisotopic (exact) mass is 435 g/mol. The highest BCUT2D eigenvalue weighted by atomic mass is 15.1. The lowest BCUT2D eigenvalue weighted by Gasteiger charge is -2.24. The van der Waals surface area contributed by atoms with Crippen molar-refractivity contribution in [3.63, 3.8) is 0 Å². The maximum Gasteiger partial charge on any atom is 0.00891 e. The van der Waals surface area contributed by atoms with Crippen LogP contribution in [0.5, 0.6) is 0 Å². The molecule has 0 aromatic rings. The molecule has 1 heteroatoms. The summed E-state index contributed by atoms with van der Waals surface area (Å²) in [6.45, 7) is 4.62. The van der Waals surface area contributed by atoms with E-state index in [0.717, 1.165) is 17.9 Å². The molecule has 2 unspecified atom stereocenters. The van der Waals surface area contributed by atoms with Gasteiger partial charge >= 0.3 is 0 Å². The van der Waals surface area contributed by atoms with Gasteiger partial charge in [0.2, 0.25) is 0 Å². The van der Waals surface area contributed by atoms with Crippen LogP contribution in [0.3, 0.4) is 0 Å². The van der Waals surface area contributed by atoms with Gasteiger partial charge < -0.3 is 4.90 Å². The molecule has 0 amide bonds. The molecule has 186 valence electrons. The lowest BCUT2D eigenvalue weighted by atomic mass is 9.99.